The molecule has 1 aliphatic heterocycles. The number of hydrogen-bond acceptors (Lipinski definition) is 5. The van der Waals surface area contributed by atoms with E-state index in [2.05, 4.69) is 27.0 Å². The zero-order valence-electron chi connectivity index (χ0n) is 15.3. The average molecular weight is 342 g/mol. The van der Waals surface area contributed by atoms with Gasteiger partial charge in [-0.3, -0.25) is 9.78 Å². The Kier molecular flexibility index (Phi) is 5.48. The van der Waals surface area contributed by atoms with Gasteiger partial charge < -0.3 is 14.2 Å². The van der Waals surface area contributed by atoms with Gasteiger partial charge in [0, 0.05) is 50.9 Å². The summed E-state index contributed by atoms with van der Waals surface area (Å²) < 4.78 is 5.49. The van der Waals surface area contributed by atoms with E-state index in [0.29, 0.717) is 17.3 Å². The molecule has 6 heteroatoms. The van der Waals surface area contributed by atoms with Gasteiger partial charge in [0.1, 0.15) is 0 Å². The molecule has 25 heavy (non-hydrogen) atoms. The Morgan fingerprint density at radius 2 is 1.96 bits per heavy atom. The van der Waals surface area contributed by atoms with Gasteiger partial charge in [0.05, 0.1) is 5.69 Å². The van der Waals surface area contributed by atoms with Gasteiger partial charge in [0.25, 0.3) is 5.91 Å². The monoisotopic (exact) mass is 342 g/mol. The van der Waals surface area contributed by atoms with Crippen molar-refractivity contribution in [3.05, 3.63) is 46.9 Å². The van der Waals surface area contributed by atoms with E-state index >= 15 is 0 Å². The highest BCUT2D eigenvalue weighted by Gasteiger charge is 2.24. The van der Waals surface area contributed by atoms with E-state index in [-0.39, 0.29) is 5.91 Å². The molecule has 0 bridgehead atoms. The molecule has 0 unspecified atom stereocenters. The molecule has 1 fully saturated rings. The molecule has 1 saturated heterocycles. The Hall–Kier alpha value is -2.21. The number of rotatable bonds is 4. The first-order chi connectivity index (χ1) is 12.0. The number of carbonyl (C=O) groups is 1. The van der Waals surface area contributed by atoms with Crippen LogP contribution in [0, 0.1) is 20.8 Å². The van der Waals surface area contributed by atoms with E-state index in [1.54, 1.807) is 6.92 Å². The zero-order chi connectivity index (χ0) is 17.8. The second kappa shape index (κ2) is 7.78. The van der Waals surface area contributed by atoms with E-state index in [4.69, 9.17) is 4.42 Å². The second-order valence-electron chi connectivity index (χ2n) is 6.66. The average Bonchev–Trinajstić information content (AvgIpc) is 2.79. The first-order valence-electron chi connectivity index (χ1n) is 8.91. The molecule has 0 aliphatic carbocycles. The van der Waals surface area contributed by atoms with Crippen LogP contribution >= 0.6 is 0 Å². The molecule has 6 nitrogen and oxygen atoms in total. The van der Waals surface area contributed by atoms with Gasteiger partial charge in [-0.05, 0) is 38.9 Å². The number of carbonyl (C=O) groups excluding carboxylic acids is 1. The maximum Gasteiger partial charge on any atom is 0.291 e. The van der Waals surface area contributed by atoms with Gasteiger partial charge in [-0.25, -0.2) is 4.98 Å². The summed E-state index contributed by atoms with van der Waals surface area (Å²) in [5.74, 6) is 0.887. The van der Waals surface area contributed by atoms with E-state index in [1.807, 2.05) is 24.8 Å². The minimum absolute atomic E-state index is 0.0414. The molecular formula is C19H26N4O2. The lowest BCUT2D eigenvalue weighted by molar-refractivity contribution is 0.0727. The molecule has 1 aliphatic rings. The normalized spacial score (nSPS) is 16.0. The maximum atomic E-state index is 12.7. The lowest BCUT2D eigenvalue weighted by atomic mass is 10.2. The Bertz CT molecular complexity index is 741. The summed E-state index contributed by atoms with van der Waals surface area (Å²) in [6, 6.07) is 6.16. The Labute approximate surface area is 148 Å². The summed E-state index contributed by atoms with van der Waals surface area (Å²) in [5, 5.41) is 0. The molecule has 2 aromatic heterocycles. The minimum Gasteiger partial charge on any atom is -0.436 e. The van der Waals surface area contributed by atoms with Crippen molar-refractivity contribution < 1.29 is 9.21 Å². The van der Waals surface area contributed by atoms with Crippen LogP contribution in [-0.4, -0.2) is 58.4 Å². The molecule has 0 atom stereocenters. The number of hydrogen-bond donors (Lipinski definition) is 0. The second-order valence-corrected chi connectivity index (χ2v) is 6.66. The molecule has 0 N–H and O–H groups in total. The summed E-state index contributed by atoms with van der Waals surface area (Å²) in [6.07, 6.45) is 1.91. The van der Waals surface area contributed by atoms with Gasteiger partial charge in [-0.1, -0.05) is 6.07 Å². The lowest BCUT2D eigenvalue weighted by Gasteiger charge is -2.21. The number of pyridine rings is 1. The molecule has 0 aromatic carbocycles. The fraction of sp³-hybridized carbons (Fsp3) is 0.526. The van der Waals surface area contributed by atoms with Crippen LogP contribution in [0.4, 0.5) is 0 Å². The van der Waals surface area contributed by atoms with Gasteiger partial charge in [-0.15, -0.1) is 0 Å². The molecule has 0 saturated carbocycles. The Balaban J connectivity index is 1.55. The van der Waals surface area contributed by atoms with Crippen LogP contribution < -0.4 is 0 Å². The first kappa shape index (κ1) is 17.6. The number of amides is 1. The summed E-state index contributed by atoms with van der Waals surface area (Å²) >= 11 is 0. The SMILES string of the molecule is Cc1cccc(CCN2CCCN(C(=O)c3oc(C)nc3C)CC2)n1. The van der Waals surface area contributed by atoms with Crippen molar-refractivity contribution in [2.24, 2.45) is 0 Å². The van der Waals surface area contributed by atoms with Crippen molar-refractivity contribution in [1.29, 1.82) is 0 Å². The molecule has 2 aromatic rings. The van der Waals surface area contributed by atoms with E-state index < -0.39 is 0 Å². The number of oxazole rings is 1. The van der Waals surface area contributed by atoms with Crippen molar-refractivity contribution >= 4 is 5.91 Å². The largest absolute Gasteiger partial charge is 0.436 e. The number of aryl methyl sites for hydroxylation is 3. The summed E-state index contributed by atoms with van der Waals surface area (Å²) in [7, 11) is 0. The molecule has 0 radical (unpaired) electrons. The lowest BCUT2D eigenvalue weighted by Crippen LogP contribution is -2.35. The third kappa shape index (κ3) is 4.45. The van der Waals surface area contributed by atoms with Crippen LogP contribution in [0.2, 0.25) is 0 Å². The fourth-order valence-electron chi connectivity index (χ4n) is 3.28. The highest BCUT2D eigenvalue weighted by atomic mass is 16.4. The Morgan fingerprint density at radius 1 is 1.12 bits per heavy atom. The standard InChI is InChI=1S/C19H26N4O2/c1-14-6-4-7-17(20-14)8-11-22-9-5-10-23(13-12-22)19(24)18-15(2)21-16(3)25-18/h4,6-7H,5,8-13H2,1-3H3. The minimum atomic E-state index is -0.0414. The van der Waals surface area contributed by atoms with Crippen molar-refractivity contribution in [2.45, 2.75) is 33.6 Å². The predicted octanol–water partition coefficient (Wildman–Crippen LogP) is 2.39. The van der Waals surface area contributed by atoms with Crippen molar-refractivity contribution in [1.82, 2.24) is 19.8 Å². The van der Waals surface area contributed by atoms with Crippen LogP contribution in [0.1, 0.15) is 39.9 Å². The third-order valence-electron chi connectivity index (χ3n) is 4.60. The fourth-order valence-corrected chi connectivity index (χ4v) is 3.28. The number of aromatic nitrogens is 2. The molecule has 134 valence electrons. The topological polar surface area (TPSA) is 62.5 Å². The van der Waals surface area contributed by atoms with Crippen LogP contribution in [-0.2, 0) is 6.42 Å². The van der Waals surface area contributed by atoms with Crippen LogP contribution in [0.3, 0.4) is 0 Å². The van der Waals surface area contributed by atoms with Gasteiger partial charge >= 0.3 is 0 Å². The molecule has 3 heterocycles. The third-order valence-corrected chi connectivity index (χ3v) is 4.60. The molecule has 3 rings (SSSR count). The molecule has 1 amide bonds. The predicted molar refractivity (Wildman–Crippen MR) is 95.6 cm³/mol. The van der Waals surface area contributed by atoms with Crippen LogP contribution in [0.5, 0.6) is 0 Å². The quantitative estimate of drug-likeness (QED) is 0.854. The highest BCUT2D eigenvalue weighted by Crippen LogP contribution is 2.14. The van der Waals surface area contributed by atoms with Crippen molar-refractivity contribution in [3.8, 4) is 0 Å². The molecular weight excluding hydrogens is 316 g/mol. The van der Waals surface area contributed by atoms with Gasteiger partial charge in [0.2, 0.25) is 5.76 Å². The van der Waals surface area contributed by atoms with E-state index in [1.165, 1.54) is 0 Å². The molecule has 0 spiro atoms. The van der Waals surface area contributed by atoms with Crippen LogP contribution in [0.25, 0.3) is 0 Å². The summed E-state index contributed by atoms with van der Waals surface area (Å²) in [6.45, 7) is 9.95. The van der Waals surface area contributed by atoms with Gasteiger partial charge in [0.15, 0.2) is 5.89 Å². The first-order valence-corrected chi connectivity index (χ1v) is 8.91. The van der Waals surface area contributed by atoms with Crippen molar-refractivity contribution in [2.75, 3.05) is 32.7 Å². The van der Waals surface area contributed by atoms with E-state index in [0.717, 1.165) is 57.0 Å². The zero-order valence-corrected chi connectivity index (χ0v) is 15.3. The smallest absolute Gasteiger partial charge is 0.291 e. The summed E-state index contributed by atoms with van der Waals surface area (Å²) in [5.41, 5.74) is 2.86. The van der Waals surface area contributed by atoms with Crippen molar-refractivity contribution in [3.63, 3.8) is 0 Å². The number of nitrogens with zero attached hydrogens (tertiary/aromatic N) is 4. The Morgan fingerprint density at radius 3 is 2.68 bits per heavy atom. The highest BCUT2D eigenvalue weighted by molar-refractivity contribution is 5.92. The van der Waals surface area contributed by atoms with Crippen LogP contribution in [0.15, 0.2) is 22.6 Å². The van der Waals surface area contributed by atoms with Gasteiger partial charge in [-0.2, -0.15) is 0 Å². The summed E-state index contributed by atoms with van der Waals surface area (Å²) in [4.78, 5) is 25.7. The van der Waals surface area contributed by atoms with E-state index in [9.17, 15) is 4.79 Å². The maximum absolute atomic E-state index is 12.7.